The Bertz CT molecular complexity index is 315. The van der Waals surface area contributed by atoms with Gasteiger partial charge in [-0.25, -0.2) is 0 Å². The fourth-order valence-electron chi connectivity index (χ4n) is 1.81. The fraction of sp³-hybridized carbons (Fsp3) is 0.538. The summed E-state index contributed by atoms with van der Waals surface area (Å²) in [6.45, 7) is 6.39. The van der Waals surface area contributed by atoms with Crippen LogP contribution in [0.3, 0.4) is 0 Å². The third-order valence-corrected chi connectivity index (χ3v) is 2.83. The Kier molecular flexibility index (Phi) is 5.29. The quantitative estimate of drug-likeness (QED) is 0.800. The molecular weight excluding hydrogens is 200 g/mol. The third kappa shape index (κ3) is 2.97. The molecule has 1 atom stereocenters. The highest BCUT2D eigenvalue weighted by Gasteiger charge is 2.17. The number of nitrogens with two attached hydrogens (primary N) is 1. The molecule has 0 aromatic heterocycles. The number of rotatable bonds is 6. The maximum Gasteiger partial charge on any atom is 0.124 e. The first-order chi connectivity index (χ1) is 7.74. The third-order valence-electron chi connectivity index (χ3n) is 2.83. The second-order valence-electron chi connectivity index (χ2n) is 3.80. The SMILES string of the molecule is CCOc1ccccc1C(CN)N(C)CC. The van der Waals surface area contributed by atoms with E-state index in [2.05, 4.69) is 24.9 Å². The second-order valence-corrected chi connectivity index (χ2v) is 3.80. The highest BCUT2D eigenvalue weighted by Crippen LogP contribution is 2.27. The van der Waals surface area contributed by atoms with Crippen LogP contribution < -0.4 is 10.5 Å². The molecule has 90 valence electrons. The van der Waals surface area contributed by atoms with Crippen molar-refractivity contribution in [1.29, 1.82) is 0 Å². The highest BCUT2D eigenvalue weighted by molar-refractivity contribution is 5.36. The fourth-order valence-corrected chi connectivity index (χ4v) is 1.81. The van der Waals surface area contributed by atoms with E-state index in [-0.39, 0.29) is 6.04 Å². The normalized spacial score (nSPS) is 12.8. The van der Waals surface area contributed by atoms with E-state index >= 15 is 0 Å². The predicted octanol–water partition coefficient (Wildman–Crippen LogP) is 2.04. The minimum absolute atomic E-state index is 0.229. The molecule has 0 aliphatic carbocycles. The van der Waals surface area contributed by atoms with Gasteiger partial charge in [-0.05, 0) is 26.6 Å². The Hall–Kier alpha value is -1.06. The van der Waals surface area contributed by atoms with E-state index in [0.29, 0.717) is 13.2 Å². The molecule has 0 heterocycles. The molecule has 3 nitrogen and oxygen atoms in total. The maximum absolute atomic E-state index is 5.85. The molecule has 0 fully saturated rings. The van der Waals surface area contributed by atoms with E-state index in [1.165, 1.54) is 5.56 Å². The van der Waals surface area contributed by atoms with Gasteiger partial charge in [0, 0.05) is 12.1 Å². The van der Waals surface area contributed by atoms with Crippen LogP contribution in [0.25, 0.3) is 0 Å². The number of para-hydroxylation sites is 1. The van der Waals surface area contributed by atoms with Gasteiger partial charge in [0.25, 0.3) is 0 Å². The van der Waals surface area contributed by atoms with Crippen LogP contribution >= 0.6 is 0 Å². The minimum atomic E-state index is 0.229. The van der Waals surface area contributed by atoms with Crippen LogP contribution in [0.1, 0.15) is 25.5 Å². The zero-order valence-corrected chi connectivity index (χ0v) is 10.4. The second kappa shape index (κ2) is 6.51. The Morgan fingerprint density at radius 1 is 1.31 bits per heavy atom. The van der Waals surface area contributed by atoms with Crippen molar-refractivity contribution in [2.75, 3.05) is 26.7 Å². The first kappa shape index (κ1) is 13.0. The lowest BCUT2D eigenvalue weighted by Crippen LogP contribution is -2.30. The molecule has 1 rings (SSSR count). The van der Waals surface area contributed by atoms with Crippen LogP contribution in [0, 0.1) is 0 Å². The molecule has 0 aliphatic rings. The van der Waals surface area contributed by atoms with Crippen molar-refractivity contribution in [3.05, 3.63) is 29.8 Å². The number of ether oxygens (including phenoxy) is 1. The summed E-state index contributed by atoms with van der Waals surface area (Å²) in [5, 5.41) is 0. The van der Waals surface area contributed by atoms with Crippen molar-refractivity contribution in [2.45, 2.75) is 19.9 Å². The van der Waals surface area contributed by atoms with Gasteiger partial charge in [-0.1, -0.05) is 25.1 Å². The molecule has 0 saturated heterocycles. The lowest BCUT2D eigenvalue weighted by molar-refractivity contribution is 0.251. The minimum Gasteiger partial charge on any atom is -0.494 e. The van der Waals surface area contributed by atoms with E-state index < -0.39 is 0 Å². The molecule has 0 radical (unpaired) electrons. The molecule has 1 aromatic carbocycles. The van der Waals surface area contributed by atoms with E-state index in [0.717, 1.165) is 12.3 Å². The number of hydrogen-bond donors (Lipinski definition) is 1. The van der Waals surface area contributed by atoms with Crippen molar-refractivity contribution >= 4 is 0 Å². The van der Waals surface area contributed by atoms with Crippen LogP contribution in [0.15, 0.2) is 24.3 Å². The van der Waals surface area contributed by atoms with E-state index in [9.17, 15) is 0 Å². The van der Waals surface area contributed by atoms with E-state index in [1.54, 1.807) is 0 Å². The molecular formula is C13H22N2O. The molecule has 0 spiro atoms. The lowest BCUT2D eigenvalue weighted by atomic mass is 10.0. The Balaban J connectivity index is 2.98. The smallest absolute Gasteiger partial charge is 0.124 e. The van der Waals surface area contributed by atoms with Crippen molar-refractivity contribution in [3.8, 4) is 5.75 Å². The van der Waals surface area contributed by atoms with Gasteiger partial charge < -0.3 is 10.5 Å². The molecule has 1 unspecified atom stereocenters. The van der Waals surface area contributed by atoms with Crippen LogP contribution in [-0.4, -0.2) is 31.6 Å². The number of likely N-dealkylation sites (N-methyl/N-ethyl adjacent to an activating group) is 1. The average Bonchev–Trinajstić information content (AvgIpc) is 2.32. The molecule has 0 aliphatic heterocycles. The standard InChI is InChI=1S/C13H22N2O/c1-4-15(3)12(10-14)11-8-6-7-9-13(11)16-5-2/h6-9,12H,4-5,10,14H2,1-3H3. The molecule has 2 N–H and O–H groups in total. The molecule has 16 heavy (non-hydrogen) atoms. The maximum atomic E-state index is 5.85. The summed E-state index contributed by atoms with van der Waals surface area (Å²) in [7, 11) is 2.08. The summed E-state index contributed by atoms with van der Waals surface area (Å²) in [4.78, 5) is 2.23. The van der Waals surface area contributed by atoms with Crippen LogP contribution in [0.2, 0.25) is 0 Å². The van der Waals surface area contributed by atoms with E-state index in [4.69, 9.17) is 10.5 Å². The highest BCUT2D eigenvalue weighted by atomic mass is 16.5. The van der Waals surface area contributed by atoms with Crippen LogP contribution in [-0.2, 0) is 0 Å². The summed E-state index contributed by atoms with van der Waals surface area (Å²) in [6, 6.07) is 8.35. The Morgan fingerprint density at radius 3 is 2.56 bits per heavy atom. The molecule has 3 heteroatoms. The van der Waals surface area contributed by atoms with Gasteiger partial charge >= 0.3 is 0 Å². The van der Waals surface area contributed by atoms with Gasteiger partial charge in [0.15, 0.2) is 0 Å². The monoisotopic (exact) mass is 222 g/mol. The van der Waals surface area contributed by atoms with Gasteiger partial charge in [-0.2, -0.15) is 0 Å². The number of nitrogens with zero attached hydrogens (tertiary/aromatic N) is 1. The molecule has 1 aromatic rings. The first-order valence-electron chi connectivity index (χ1n) is 5.86. The molecule has 0 amide bonds. The van der Waals surface area contributed by atoms with Crippen LogP contribution in [0.5, 0.6) is 5.75 Å². The summed E-state index contributed by atoms with van der Waals surface area (Å²) < 4.78 is 5.63. The Labute approximate surface area is 98.2 Å². The molecule has 0 bridgehead atoms. The topological polar surface area (TPSA) is 38.5 Å². The first-order valence-corrected chi connectivity index (χ1v) is 5.86. The van der Waals surface area contributed by atoms with Gasteiger partial charge in [-0.3, -0.25) is 4.90 Å². The summed E-state index contributed by atoms with van der Waals surface area (Å²) in [5.74, 6) is 0.945. The van der Waals surface area contributed by atoms with Crippen molar-refractivity contribution in [2.24, 2.45) is 5.73 Å². The summed E-state index contributed by atoms with van der Waals surface area (Å²) >= 11 is 0. The number of hydrogen-bond acceptors (Lipinski definition) is 3. The van der Waals surface area contributed by atoms with Crippen molar-refractivity contribution in [1.82, 2.24) is 4.90 Å². The van der Waals surface area contributed by atoms with Gasteiger partial charge in [0.2, 0.25) is 0 Å². The van der Waals surface area contributed by atoms with Crippen molar-refractivity contribution < 1.29 is 4.74 Å². The summed E-state index contributed by atoms with van der Waals surface area (Å²) in [6.07, 6.45) is 0. The van der Waals surface area contributed by atoms with Gasteiger partial charge in [0.05, 0.1) is 12.6 Å². The lowest BCUT2D eigenvalue weighted by Gasteiger charge is -2.27. The van der Waals surface area contributed by atoms with Gasteiger partial charge in [-0.15, -0.1) is 0 Å². The average molecular weight is 222 g/mol. The van der Waals surface area contributed by atoms with Crippen molar-refractivity contribution in [3.63, 3.8) is 0 Å². The van der Waals surface area contributed by atoms with Gasteiger partial charge in [0.1, 0.15) is 5.75 Å². The van der Waals surface area contributed by atoms with Crippen LogP contribution in [0.4, 0.5) is 0 Å². The number of benzene rings is 1. The van der Waals surface area contributed by atoms with E-state index in [1.807, 2.05) is 25.1 Å². The Morgan fingerprint density at radius 2 is 2.00 bits per heavy atom. The zero-order valence-electron chi connectivity index (χ0n) is 10.4. The molecule has 0 saturated carbocycles. The predicted molar refractivity (Wildman–Crippen MR) is 67.7 cm³/mol. The summed E-state index contributed by atoms with van der Waals surface area (Å²) in [5.41, 5.74) is 7.03. The zero-order chi connectivity index (χ0) is 12.0. The largest absolute Gasteiger partial charge is 0.494 e.